The fourth-order valence-electron chi connectivity index (χ4n) is 1.41. The van der Waals surface area contributed by atoms with Crippen molar-refractivity contribution in [1.82, 2.24) is 0 Å². The van der Waals surface area contributed by atoms with Gasteiger partial charge in [-0.3, -0.25) is 0 Å². The first-order valence-corrected chi connectivity index (χ1v) is 5.04. The van der Waals surface area contributed by atoms with Crippen molar-refractivity contribution in [3.8, 4) is 11.5 Å². The first-order chi connectivity index (χ1) is 8.15. The molecule has 0 heterocycles. The molecule has 2 aromatic carbocycles. The van der Waals surface area contributed by atoms with Crippen LogP contribution in [0.15, 0.2) is 48.5 Å². The molecule has 86 valence electrons. The first kappa shape index (κ1) is 11.0. The van der Waals surface area contributed by atoms with E-state index in [2.05, 4.69) is 0 Å². The maximum Gasteiger partial charge on any atom is 0.216 e. The van der Waals surface area contributed by atoms with E-state index in [9.17, 15) is 10.3 Å². The van der Waals surface area contributed by atoms with E-state index in [4.69, 9.17) is 5.11 Å². The van der Waals surface area contributed by atoms with Gasteiger partial charge in [-0.2, -0.15) is 4.74 Å². The molecule has 0 unspecified atom stereocenters. The molecule has 2 aromatic rings. The van der Waals surface area contributed by atoms with Crippen LogP contribution in [0.5, 0.6) is 11.5 Å². The van der Waals surface area contributed by atoms with Gasteiger partial charge in [0.1, 0.15) is 11.5 Å². The summed E-state index contributed by atoms with van der Waals surface area (Å²) in [6.07, 6.45) is 1.35. The zero-order chi connectivity index (χ0) is 12.3. The van der Waals surface area contributed by atoms with E-state index < -0.39 is 0 Å². The number of benzene rings is 2. The molecular formula is C13H11NO3. The zero-order valence-corrected chi connectivity index (χ0v) is 8.95. The summed E-state index contributed by atoms with van der Waals surface area (Å²) in [5.41, 5.74) is 1.01. The Bertz CT molecular complexity index is 547. The molecule has 0 bridgehead atoms. The van der Waals surface area contributed by atoms with Crippen molar-refractivity contribution in [2.45, 2.75) is 0 Å². The van der Waals surface area contributed by atoms with Crippen LogP contribution in [-0.2, 0) is 0 Å². The second-order valence-corrected chi connectivity index (χ2v) is 3.57. The van der Waals surface area contributed by atoms with Crippen LogP contribution in [-0.4, -0.2) is 21.2 Å². The summed E-state index contributed by atoms with van der Waals surface area (Å²) in [6, 6.07) is 12.3. The van der Waals surface area contributed by atoms with Gasteiger partial charge in [-0.25, -0.2) is 0 Å². The van der Waals surface area contributed by atoms with Gasteiger partial charge in [0, 0.05) is 17.7 Å². The van der Waals surface area contributed by atoms with Crippen molar-refractivity contribution in [2.75, 3.05) is 0 Å². The molecule has 0 saturated heterocycles. The summed E-state index contributed by atoms with van der Waals surface area (Å²) < 4.78 is 0.675. The van der Waals surface area contributed by atoms with E-state index in [-0.39, 0.29) is 11.5 Å². The monoisotopic (exact) mass is 229 g/mol. The van der Waals surface area contributed by atoms with Crippen LogP contribution in [0, 0.1) is 5.21 Å². The lowest BCUT2D eigenvalue weighted by atomic mass is 10.2. The molecule has 0 radical (unpaired) electrons. The van der Waals surface area contributed by atoms with Gasteiger partial charge in [-0.1, -0.05) is 6.07 Å². The third-order valence-electron chi connectivity index (χ3n) is 2.24. The van der Waals surface area contributed by atoms with Gasteiger partial charge in [0.2, 0.25) is 5.69 Å². The molecule has 4 nitrogen and oxygen atoms in total. The fourth-order valence-corrected chi connectivity index (χ4v) is 1.41. The maximum absolute atomic E-state index is 11.7. The highest BCUT2D eigenvalue weighted by Crippen LogP contribution is 2.16. The molecule has 0 aliphatic heterocycles. The van der Waals surface area contributed by atoms with Crippen molar-refractivity contribution in [2.24, 2.45) is 0 Å². The minimum Gasteiger partial charge on any atom is -0.618 e. The van der Waals surface area contributed by atoms with Crippen molar-refractivity contribution in [3.05, 3.63) is 59.3 Å². The molecule has 0 spiro atoms. The highest BCUT2D eigenvalue weighted by atomic mass is 16.5. The lowest BCUT2D eigenvalue weighted by Crippen LogP contribution is -1.98. The molecule has 0 aromatic heterocycles. The van der Waals surface area contributed by atoms with E-state index in [1.54, 1.807) is 12.1 Å². The van der Waals surface area contributed by atoms with Crippen LogP contribution >= 0.6 is 0 Å². The Morgan fingerprint density at radius 1 is 0.941 bits per heavy atom. The average molecular weight is 229 g/mol. The second-order valence-electron chi connectivity index (χ2n) is 3.57. The molecule has 17 heavy (non-hydrogen) atoms. The quantitative estimate of drug-likeness (QED) is 0.359. The highest BCUT2D eigenvalue weighted by Gasteiger charge is 2.02. The van der Waals surface area contributed by atoms with Gasteiger partial charge in [-0.05, 0) is 30.3 Å². The van der Waals surface area contributed by atoms with Gasteiger partial charge in [0.05, 0.1) is 0 Å². The molecular weight excluding hydrogens is 218 g/mol. The van der Waals surface area contributed by atoms with Gasteiger partial charge >= 0.3 is 0 Å². The predicted octanol–water partition coefficient (Wildman–Crippen LogP) is 2.36. The molecule has 0 aliphatic carbocycles. The molecule has 0 atom stereocenters. The Hall–Kier alpha value is -2.49. The Balaban J connectivity index is 2.30. The van der Waals surface area contributed by atoms with Gasteiger partial charge < -0.3 is 15.4 Å². The molecule has 2 rings (SSSR count). The summed E-state index contributed by atoms with van der Waals surface area (Å²) in [5.74, 6) is 0.220. The van der Waals surface area contributed by atoms with E-state index in [1.807, 2.05) is 0 Å². The largest absolute Gasteiger partial charge is 0.618 e. The van der Waals surface area contributed by atoms with Crippen molar-refractivity contribution in [3.63, 3.8) is 0 Å². The van der Waals surface area contributed by atoms with Crippen LogP contribution in [0.1, 0.15) is 5.56 Å². The predicted molar refractivity (Wildman–Crippen MR) is 64.7 cm³/mol. The third kappa shape index (κ3) is 2.75. The van der Waals surface area contributed by atoms with Crippen molar-refractivity contribution < 1.29 is 15.0 Å². The smallest absolute Gasteiger partial charge is 0.216 e. The Morgan fingerprint density at radius 2 is 1.65 bits per heavy atom. The fraction of sp³-hybridized carbons (Fsp3) is 0. The molecule has 0 fully saturated rings. The second kappa shape index (κ2) is 4.57. The van der Waals surface area contributed by atoms with Crippen molar-refractivity contribution >= 4 is 11.9 Å². The summed E-state index contributed by atoms with van der Waals surface area (Å²) in [7, 11) is 0. The van der Waals surface area contributed by atoms with Crippen LogP contribution in [0.4, 0.5) is 5.69 Å². The summed E-state index contributed by atoms with van der Waals surface area (Å²) in [6.45, 7) is 0. The van der Waals surface area contributed by atoms with Crippen molar-refractivity contribution in [1.29, 1.82) is 0 Å². The number of aromatic hydroxyl groups is 2. The van der Waals surface area contributed by atoms with Crippen LogP contribution in [0.3, 0.4) is 0 Å². The summed E-state index contributed by atoms with van der Waals surface area (Å²) in [5, 5.41) is 30.1. The molecule has 4 heteroatoms. The minimum absolute atomic E-state index is 0.109. The molecule has 2 N–H and O–H groups in total. The SMILES string of the molecule is [O-][N+](=Cc1cccc(O)c1)c1ccc(O)cc1. The van der Waals surface area contributed by atoms with E-state index in [1.165, 1.54) is 42.6 Å². The molecule has 0 saturated carbocycles. The number of phenolic OH excluding ortho intramolecular Hbond substituents is 2. The van der Waals surface area contributed by atoms with Gasteiger partial charge in [-0.15, -0.1) is 0 Å². The Kier molecular flexibility index (Phi) is 2.96. The number of rotatable bonds is 2. The first-order valence-electron chi connectivity index (χ1n) is 5.04. The number of hydrogen-bond acceptors (Lipinski definition) is 3. The highest BCUT2D eigenvalue weighted by molar-refractivity contribution is 5.77. The summed E-state index contributed by atoms with van der Waals surface area (Å²) in [4.78, 5) is 0. The van der Waals surface area contributed by atoms with Crippen LogP contribution < -0.4 is 0 Å². The standard InChI is InChI=1S/C13H11NO3/c15-12-6-4-11(5-7-12)14(17)9-10-2-1-3-13(16)8-10/h1-9,15-16H. The van der Waals surface area contributed by atoms with E-state index in [0.717, 1.165) is 0 Å². The lowest BCUT2D eigenvalue weighted by molar-refractivity contribution is -0.354. The molecule has 0 aliphatic rings. The number of nitrogens with zero attached hydrogens (tertiary/aromatic N) is 1. The van der Waals surface area contributed by atoms with Gasteiger partial charge in [0.15, 0.2) is 6.21 Å². The zero-order valence-electron chi connectivity index (χ0n) is 8.95. The van der Waals surface area contributed by atoms with Crippen LogP contribution in [0.2, 0.25) is 0 Å². The van der Waals surface area contributed by atoms with E-state index >= 15 is 0 Å². The maximum atomic E-state index is 11.7. The molecule has 0 amide bonds. The lowest BCUT2D eigenvalue weighted by Gasteiger charge is -2.03. The average Bonchev–Trinajstić information content (AvgIpc) is 2.29. The third-order valence-corrected chi connectivity index (χ3v) is 2.24. The van der Waals surface area contributed by atoms with Crippen LogP contribution in [0.25, 0.3) is 0 Å². The Labute approximate surface area is 98.3 Å². The Morgan fingerprint density at radius 3 is 2.29 bits per heavy atom. The minimum atomic E-state index is 0.109. The number of phenols is 2. The number of hydrogen-bond donors (Lipinski definition) is 2. The topological polar surface area (TPSA) is 66.5 Å². The van der Waals surface area contributed by atoms with Gasteiger partial charge in [0.25, 0.3) is 0 Å². The summed E-state index contributed by atoms with van der Waals surface area (Å²) >= 11 is 0. The van der Waals surface area contributed by atoms with E-state index in [0.29, 0.717) is 16.0 Å². The normalized spacial score (nSPS) is 11.4.